The van der Waals surface area contributed by atoms with Gasteiger partial charge in [-0.2, -0.15) is 0 Å². The van der Waals surface area contributed by atoms with E-state index in [1.807, 2.05) is 30.5 Å². The molecule has 0 aliphatic rings. The van der Waals surface area contributed by atoms with Gasteiger partial charge in [0, 0.05) is 5.38 Å². The van der Waals surface area contributed by atoms with Crippen molar-refractivity contribution in [3.8, 4) is 5.75 Å². The highest BCUT2D eigenvalue weighted by Gasteiger charge is 2.14. The topological polar surface area (TPSA) is 47.0 Å². The minimum Gasteiger partial charge on any atom is -0.495 e. The van der Waals surface area contributed by atoms with E-state index in [2.05, 4.69) is 15.3 Å². The molecule has 0 amide bonds. The number of halogens is 2. The number of hydrogen-bond donors (Lipinski definition) is 1. The molecule has 0 saturated carbocycles. The third-order valence-electron chi connectivity index (χ3n) is 3.35. The predicted molar refractivity (Wildman–Crippen MR) is 92.5 cm³/mol. The number of ether oxygens (including phenoxy) is 1. The van der Waals surface area contributed by atoms with Crippen LogP contribution in [0.2, 0.25) is 10.0 Å². The van der Waals surface area contributed by atoms with E-state index in [9.17, 15) is 0 Å². The minimum atomic E-state index is 0.0115. The Morgan fingerprint density at radius 3 is 2.77 bits per heavy atom. The quantitative estimate of drug-likeness (QED) is 0.701. The number of aromatic nitrogens is 2. The summed E-state index contributed by atoms with van der Waals surface area (Å²) in [6, 6.07) is 5.71. The Labute approximate surface area is 142 Å². The van der Waals surface area contributed by atoms with Crippen LogP contribution in [0.15, 0.2) is 29.9 Å². The number of anilines is 1. The first-order valence-corrected chi connectivity index (χ1v) is 8.21. The van der Waals surface area contributed by atoms with E-state index in [0.717, 1.165) is 21.6 Å². The molecule has 3 rings (SSSR count). The number of fused-ring (bicyclic) bond motifs is 1. The van der Waals surface area contributed by atoms with Crippen LogP contribution in [0.3, 0.4) is 0 Å². The van der Waals surface area contributed by atoms with Gasteiger partial charge in [0.25, 0.3) is 0 Å². The third kappa shape index (κ3) is 2.84. The van der Waals surface area contributed by atoms with E-state index in [0.29, 0.717) is 15.8 Å². The molecule has 4 nitrogen and oxygen atoms in total. The van der Waals surface area contributed by atoms with Crippen molar-refractivity contribution in [2.24, 2.45) is 0 Å². The largest absolute Gasteiger partial charge is 0.495 e. The maximum Gasteiger partial charge on any atom is 0.140 e. The van der Waals surface area contributed by atoms with E-state index in [4.69, 9.17) is 27.9 Å². The fourth-order valence-electron chi connectivity index (χ4n) is 2.19. The van der Waals surface area contributed by atoms with Gasteiger partial charge in [-0.15, -0.1) is 11.3 Å². The van der Waals surface area contributed by atoms with E-state index >= 15 is 0 Å². The lowest BCUT2D eigenvalue weighted by Gasteiger charge is -2.16. The van der Waals surface area contributed by atoms with Crippen LogP contribution in [0, 0.1) is 0 Å². The number of rotatable bonds is 4. The molecule has 2 heterocycles. The monoisotopic (exact) mass is 353 g/mol. The molecule has 0 bridgehead atoms. The Morgan fingerprint density at radius 2 is 2.05 bits per heavy atom. The molecule has 0 saturated heterocycles. The van der Waals surface area contributed by atoms with Crippen LogP contribution in [0.25, 0.3) is 10.2 Å². The Morgan fingerprint density at radius 1 is 1.23 bits per heavy atom. The normalized spacial score (nSPS) is 12.4. The van der Waals surface area contributed by atoms with E-state index < -0.39 is 0 Å². The van der Waals surface area contributed by atoms with Crippen molar-refractivity contribution < 1.29 is 4.74 Å². The van der Waals surface area contributed by atoms with Crippen LogP contribution in [0.5, 0.6) is 5.75 Å². The molecule has 0 spiro atoms. The highest BCUT2D eigenvalue weighted by molar-refractivity contribution is 7.17. The molecular formula is C15H13Cl2N3OS. The smallest absolute Gasteiger partial charge is 0.140 e. The van der Waals surface area contributed by atoms with Crippen molar-refractivity contribution in [2.45, 2.75) is 13.0 Å². The van der Waals surface area contributed by atoms with Gasteiger partial charge in [-0.25, -0.2) is 9.97 Å². The highest BCUT2D eigenvalue weighted by Crippen LogP contribution is 2.35. The van der Waals surface area contributed by atoms with Gasteiger partial charge in [-0.05, 0) is 24.6 Å². The molecule has 2 aromatic heterocycles. The zero-order valence-corrected chi connectivity index (χ0v) is 14.3. The van der Waals surface area contributed by atoms with Gasteiger partial charge in [0.2, 0.25) is 0 Å². The van der Waals surface area contributed by atoms with Crippen molar-refractivity contribution in [3.05, 3.63) is 45.5 Å². The van der Waals surface area contributed by atoms with Gasteiger partial charge < -0.3 is 10.1 Å². The molecule has 114 valence electrons. The van der Waals surface area contributed by atoms with Gasteiger partial charge in [0.05, 0.1) is 28.6 Å². The van der Waals surface area contributed by atoms with Gasteiger partial charge in [-0.3, -0.25) is 0 Å². The molecular weight excluding hydrogens is 341 g/mol. The molecule has 0 aliphatic heterocycles. The number of methoxy groups -OCH3 is 1. The maximum absolute atomic E-state index is 6.22. The Kier molecular flexibility index (Phi) is 4.38. The zero-order chi connectivity index (χ0) is 15.7. The lowest BCUT2D eigenvalue weighted by atomic mass is 10.1. The summed E-state index contributed by atoms with van der Waals surface area (Å²) >= 11 is 13.9. The van der Waals surface area contributed by atoms with E-state index in [-0.39, 0.29) is 6.04 Å². The number of nitrogens with one attached hydrogen (secondary N) is 1. The summed E-state index contributed by atoms with van der Waals surface area (Å²) in [5.74, 6) is 1.37. The number of thiophene rings is 1. The van der Waals surface area contributed by atoms with E-state index in [1.54, 1.807) is 7.11 Å². The van der Waals surface area contributed by atoms with E-state index in [1.165, 1.54) is 17.7 Å². The van der Waals surface area contributed by atoms with Crippen LogP contribution in [0.4, 0.5) is 5.82 Å². The molecule has 1 N–H and O–H groups in total. The van der Waals surface area contributed by atoms with Gasteiger partial charge in [-0.1, -0.05) is 29.3 Å². The number of benzene rings is 1. The minimum absolute atomic E-state index is 0.0115. The summed E-state index contributed by atoms with van der Waals surface area (Å²) in [4.78, 5) is 9.39. The SMILES string of the molecule is COc1ccc(C(C)Nc2ncnc3scc(Cl)c23)cc1Cl. The second-order valence-electron chi connectivity index (χ2n) is 4.75. The Bertz CT molecular complexity index is 822. The summed E-state index contributed by atoms with van der Waals surface area (Å²) in [5, 5.41) is 7.31. The second-order valence-corrected chi connectivity index (χ2v) is 6.42. The Balaban J connectivity index is 1.91. The fraction of sp³-hybridized carbons (Fsp3) is 0.200. The van der Waals surface area contributed by atoms with Crippen molar-refractivity contribution in [3.63, 3.8) is 0 Å². The summed E-state index contributed by atoms with van der Waals surface area (Å²) in [7, 11) is 1.60. The van der Waals surface area contributed by atoms with Crippen LogP contribution in [-0.2, 0) is 0 Å². The lowest BCUT2D eigenvalue weighted by Crippen LogP contribution is -2.08. The average Bonchev–Trinajstić information content (AvgIpc) is 2.89. The standard InChI is InChI=1S/C15H13Cl2N3OS/c1-8(9-3-4-12(21-2)10(16)5-9)20-14-13-11(17)6-22-15(13)19-7-18-14/h3-8H,1-2H3,(H,18,19,20). The Hall–Kier alpha value is -1.56. The number of nitrogens with zero attached hydrogens (tertiary/aromatic N) is 2. The van der Waals surface area contributed by atoms with Crippen LogP contribution < -0.4 is 10.1 Å². The summed E-state index contributed by atoms with van der Waals surface area (Å²) in [6.45, 7) is 2.03. The first-order valence-electron chi connectivity index (χ1n) is 6.58. The van der Waals surface area contributed by atoms with Gasteiger partial charge in [0.15, 0.2) is 0 Å². The molecule has 1 aromatic carbocycles. The molecule has 7 heteroatoms. The predicted octanol–water partition coefficient (Wildman–Crippen LogP) is 5.18. The first kappa shape index (κ1) is 15.3. The second kappa shape index (κ2) is 6.28. The zero-order valence-electron chi connectivity index (χ0n) is 11.9. The van der Waals surface area contributed by atoms with Crippen LogP contribution in [-0.4, -0.2) is 17.1 Å². The molecule has 0 fully saturated rings. The van der Waals surface area contributed by atoms with Crippen LogP contribution >= 0.6 is 34.5 Å². The molecule has 0 radical (unpaired) electrons. The molecule has 3 aromatic rings. The first-order chi connectivity index (χ1) is 10.6. The van der Waals surface area contributed by atoms with Gasteiger partial charge in [0.1, 0.15) is 22.7 Å². The molecule has 0 aliphatic carbocycles. The van der Waals surface area contributed by atoms with Crippen molar-refractivity contribution in [1.82, 2.24) is 9.97 Å². The molecule has 1 atom stereocenters. The van der Waals surface area contributed by atoms with Crippen molar-refractivity contribution in [2.75, 3.05) is 12.4 Å². The fourth-order valence-corrected chi connectivity index (χ4v) is 3.59. The summed E-state index contributed by atoms with van der Waals surface area (Å²) in [5.41, 5.74) is 1.03. The molecule has 1 unspecified atom stereocenters. The average molecular weight is 354 g/mol. The summed E-state index contributed by atoms with van der Waals surface area (Å²) in [6.07, 6.45) is 1.53. The number of hydrogen-bond acceptors (Lipinski definition) is 5. The van der Waals surface area contributed by atoms with Crippen LogP contribution in [0.1, 0.15) is 18.5 Å². The van der Waals surface area contributed by atoms with Crippen molar-refractivity contribution in [1.29, 1.82) is 0 Å². The lowest BCUT2D eigenvalue weighted by molar-refractivity contribution is 0.415. The third-order valence-corrected chi connectivity index (χ3v) is 4.96. The van der Waals surface area contributed by atoms with Crippen molar-refractivity contribution >= 4 is 50.6 Å². The van der Waals surface area contributed by atoms with Gasteiger partial charge >= 0.3 is 0 Å². The molecule has 22 heavy (non-hydrogen) atoms. The maximum atomic E-state index is 6.22. The summed E-state index contributed by atoms with van der Waals surface area (Å²) < 4.78 is 5.17. The highest BCUT2D eigenvalue weighted by atomic mass is 35.5.